The van der Waals surface area contributed by atoms with Crippen molar-refractivity contribution in [1.29, 1.82) is 0 Å². The molecule has 8 heteroatoms. The number of aliphatic imine (C=N–C) groups is 1. The number of nitrogens with zero attached hydrogens (tertiary/aromatic N) is 3. The van der Waals surface area contributed by atoms with Crippen LogP contribution in [0.3, 0.4) is 0 Å². The zero-order chi connectivity index (χ0) is 26.8. The maximum Gasteiger partial charge on any atom is 0.283 e. The summed E-state index contributed by atoms with van der Waals surface area (Å²) in [6, 6.07) is 14.4. The molecule has 3 aromatic rings. The molecule has 0 fully saturated rings. The van der Waals surface area contributed by atoms with Gasteiger partial charge in [-0.05, 0) is 60.2 Å². The predicted octanol–water partition coefficient (Wildman–Crippen LogP) is 6.81. The van der Waals surface area contributed by atoms with E-state index in [-0.39, 0.29) is 12.4 Å². The van der Waals surface area contributed by atoms with E-state index in [2.05, 4.69) is 23.0 Å². The molecule has 0 bridgehead atoms. The molecule has 2 N–H and O–H groups in total. The fourth-order valence-corrected chi connectivity index (χ4v) is 4.94. The first kappa shape index (κ1) is 27.5. The average Bonchev–Trinajstić information content (AvgIpc) is 3.32. The molecule has 1 aliphatic heterocycles. The number of alkyl halides is 2. The Balaban J connectivity index is 1.37. The number of amidine groups is 1. The molecule has 202 valence electrons. The van der Waals surface area contributed by atoms with Gasteiger partial charge in [0.1, 0.15) is 18.7 Å². The van der Waals surface area contributed by atoms with Gasteiger partial charge in [0.15, 0.2) is 5.54 Å². The second-order valence-electron chi connectivity index (χ2n) is 9.79. The SMILES string of the molecule is Cc1cc(OCCCCCCCCCC(F)F)ccc1C1(c2cccc(-c3cncnc3)c2)COC(N)=N1. The molecule has 2 aromatic carbocycles. The largest absolute Gasteiger partial charge is 0.494 e. The minimum absolute atomic E-state index is 0.0232. The van der Waals surface area contributed by atoms with Crippen molar-refractivity contribution in [3.8, 4) is 16.9 Å². The molecular formula is C30H36F2N4O2. The van der Waals surface area contributed by atoms with Gasteiger partial charge in [-0.3, -0.25) is 0 Å². The number of halogens is 2. The van der Waals surface area contributed by atoms with Crippen LogP contribution in [0.15, 0.2) is 66.2 Å². The summed E-state index contributed by atoms with van der Waals surface area (Å²) < 4.78 is 36.0. The van der Waals surface area contributed by atoms with Gasteiger partial charge in [0.2, 0.25) is 6.43 Å². The number of hydrogen-bond acceptors (Lipinski definition) is 6. The summed E-state index contributed by atoms with van der Waals surface area (Å²) in [5.41, 5.74) is 10.2. The van der Waals surface area contributed by atoms with Gasteiger partial charge in [-0.15, -0.1) is 0 Å². The lowest BCUT2D eigenvalue weighted by Crippen LogP contribution is -2.28. The third-order valence-corrected chi connectivity index (χ3v) is 6.94. The number of nitrogens with two attached hydrogens (primary N) is 1. The van der Waals surface area contributed by atoms with Crippen LogP contribution in [0, 0.1) is 6.92 Å². The molecule has 0 saturated heterocycles. The second kappa shape index (κ2) is 13.3. The lowest BCUT2D eigenvalue weighted by atomic mass is 9.81. The predicted molar refractivity (Wildman–Crippen MR) is 145 cm³/mol. The normalized spacial score (nSPS) is 16.9. The Morgan fingerprint density at radius 1 is 0.947 bits per heavy atom. The molecule has 1 aromatic heterocycles. The fraction of sp³-hybridized carbons (Fsp3) is 0.433. The molecule has 1 atom stereocenters. The monoisotopic (exact) mass is 522 g/mol. The number of aromatic nitrogens is 2. The average molecular weight is 523 g/mol. The van der Waals surface area contributed by atoms with Crippen LogP contribution in [0.2, 0.25) is 0 Å². The van der Waals surface area contributed by atoms with Gasteiger partial charge in [-0.1, -0.05) is 56.4 Å². The Labute approximate surface area is 223 Å². The van der Waals surface area contributed by atoms with Crippen molar-refractivity contribution in [2.45, 2.75) is 70.3 Å². The Kier molecular flexibility index (Phi) is 9.62. The first-order valence-corrected chi connectivity index (χ1v) is 13.3. The van der Waals surface area contributed by atoms with Gasteiger partial charge in [0, 0.05) is 24.4 Å². The van der Waals surface area contributed by atoms with E-state index in [1.165, 1.54) is 6.33 Å². The minimum Gasteiger partial charge on any atom is -0.494 e. The van der Waals surface area contributed by atoms with Crippen LogP contribution in [0.25, 0.3) is 11.1 Å². The number of unbranched alkanes of at least 4 members (excludes halogenated alkanes) is 6. The molecule has 2 heterocycles. The van der Waals surface area contributed by atoms with Crippen LogP contribution < -0.4 is 10.5 Å². The van der Waals surface area contributed by atoms with Crippen molar-refractivity contribution in [3.63, 3.8) is 0 Å². The maximum absolute atomic E-state index is 12.2. The number of rotatable bonds is 14. The van der Waals surface area contributed by atoms with Crippen LogP contribution in [0.5, 0.6) is 5.75 Å². The molecule has 38 heavy (non-hydrogen) atoms. The third-order valence-electron chi connectivity index (χ3n) is 6.94. The van der Waals surface area contributed by atoms with Crippen molar-refractivity contribution in [3.05, 3.63) is 77.9 Å². The van der Waals surface area contributed by atoms with Crippen LogP contribution in [0.4, 0.5) is 8.78 Å². The van der Waals surface area contributed by atoms with Gasteiger partial charge < -0.3 is 15.2 Å². The van der Waals surface area contributed by atoms with Gasteiger partial charge >= 0.3 is 0 Å². The number of benzene rings is 2. The summed E-state index contributed by atoms with van der Waals surface area (Å²) in [6.07, 6.45) is 9.70. The van der Waals surface area contributed by atoms with Crippen LogP contribution in [-0.4, -0.2) is 35.6 Å². The summed E-state index contributed by atoms with van der Waals surface area (Å²) in [6.45, 7) is 3.01. The molecule has 0 radical (unpaired) electrons. The molecule has 0 spiro atoms. The Hall–Kier alpha value is -3.55. The number of aryl methyl sites for hydroxylation is 1. The lowest BCUT2D eigenvalue weighted by Gasteiger charge is -2.28. The van der Waals surface area contributed by atoms with Crippen LogP contribution in [0.1, 0.15) is 68.1 Å². The Morgan fingerprint density at radius 2 is 1.68 bits per heavy atom. The molecular weight excluding hydrogens is 486 g/mol. The minimum atomic E-state index is -2.17. The van der Waals surface area contributed by atoms with Crippen molar-refractivity contribution in [2.24, 2.45) is 10.7 Å². The van der Waals surface area contributed by atoms with Crippen molar-refractivity contribution in [2.75, 3.05) is 13.2 Å². The number of hydrogen-bond donors (Lipinski definition) is 1. The zero-order valence-corrected chi connectivity index (χ0v) is 21.9. The summed E-state index contributed by atoms with van der Waals surface area (Å²) >= 11 is 0. The van der Waals surface area contributed by atoms with Crippen LogP contribution in [-0.2, 0) is 10.3 Å². The highest BCUT2D eigenvalue weighted by Crippen LogP contribution is 2.41. The standard InChI is InChI=1S/C30H36F2N4O2/c1-22-16-26(37-15-8-6-4-2-3-5-7-12-28(31)32)13-14-27(22)30(20-38-29(33)36-30)25-11-9-10-23(17-25)24-18-34-21-35-19-24/h9-11,13-14,16-19,21,28H,2-8,12,15,20H2,1H3,(H2,33,36). The highest BCUT2D eigenvalue weighted by Gasteiger charge is 2.41. The van der Waals surface area contributed by atoms with E-state index in [0.29, 0.717) is 19.6 Å². The van der Waals surface area contributed by atoms with Gasteiger partial charge in [-0.2, -0.15) is 0 Å². The molecule has 0 aliphatic carbocycles. The first-order chi connectivity index (χ1) is 18.5. The van der Waals surface area contributed by atoms with E-state index >= 15 is 0 Å². The van der Waals surface area contributed by atoms with Gasteiger partial charge in [-0.25, -0.2) is 23.7 Å². The molecule has 0 amide bonds. The fourth-order valence-electron chi connectivity index (χ4n) is 4.94. The van der Waals surface area contributed by atoms with Gasteiger partial charge in [0.05, 0.1) is 6.61 Å². The smallest absolute Gasteiger partial charge is 0.283 e. The Bertz CT molecular complexity index is 1210. The quantitative estimate of drug-likeness (QED) is 0.235. The molecule has 1 aliphatic rings. The van der Waals surface area contributed by atoms with E-state index < -0.39 is 12.0 Å². The van der Waals surface area contributed by atoms with Gasteiger partial charge in [0.25, 0.3) is 6.02 Å². The summed E-state index contributed by atoms with van der Waals surface area (Å²) in [4.78, 5) is 13.1. The van der Waals surface area contributed by atoms with Crippen molar-refractivity contribution in [1.82, 2.24) is 9.97 Å². The highest BCUT2D eigenvalue weighted by atomic mass is 19.3. The summed E-state index contributed by atoms with van der Waals surface area (Å²) in [7, 11) is 0. The Morgan fingerprint density at radius 3 is 2.37 bits per heavy atom. The van der Waals surface area contributed by atoms with Crippen molar-refractivity contribution < 1.29 is 18.3 Å². The van der Waals surface area contributed by atoms with Crippen molar-refractivity contribution >= 4 is 6.02 Å². The van der Waals surface area contributed by atoms with E-state index in [1.54, 1.807) is 12.4 Å². The van der Waals surface area contributed by atoms with E-state index in [9.17, 15) is 8.78 Å². The molecule has 6 nitrogen and oxygen atoms in total. The van der Waals surface area contributed by atoms with Crippen LogP contribution >= 0.6 is 0 Å². The third kappa shape index (κ3) is 7.05. The first-order valence-electron chi connectivity index (χ1n) is 13.3. The maximum atomic E-state index is 12.2. The molecule has 1 unspecified atom stereocenters. The lowest BCUT2D eigenvalue weighted by molar-refractivity contribution is 0.133. The summed E-state index contributed by atoms with van der Waals surface area (Å²) in [5.74, 6) is 0.819. The van der Waals surface area contributed by atoms with E-state index in [0.717, 1.165) is 72.1 Å². The van der Waals surface area contributed by atoms with E-state index in [1.807, 2.05) is 36.4 Å². The highest BCUT2D eigenvalue weighted by molar-refractivity contribution is 5.76. The number of ether oxygens (including phenoxy) is 2. The molecule has 0 saturated carbocycles. The zero-order valence-electron chi connectivity index (χ0n) is 21.9. The summed E-state index contributed by atoms with van der Waals surface area (Å²) in [5, 5.41) is 0. The molecule has 4 rings (SSSR count). The topological polar surface area (TPSA) is 82.6 Å². The second-order valence-corrected chi connectivity index (χ2v) is 9.79. The van der Waals surface area contributed by atoms with E-state index in [4.69, 9.17) is 20.2 Å².